The van der Waals surface area contributed by atoms with Crippen molar-refractivity contribution >= 4 is 21.8 Å². The highest BCUT2D eigenvalue weighted by molar-refractivity contribution is 7.89. The third-order valence-electron chi connectivity index (χ3n) is 4.41. The zero-order valence-corrected chi connectivity index (χ0v) is 17.3. The summed E-state index contributed by atoms with van der Waals surface area (Å²) in [4.78, 5) is 23.9. The number of hydrogen-bond donors (Lipinski definition) is 3. The first-order valence-electron chi connectivity index (χ1n) is 8.97. The number of carbonyl (C=O) groups is 2. The quantitative estimate of drug-likeness (QED) is 0.604. The van der Waals surface area contributed by atoms with Gasteiger partial charge in [-0.15, -0.1) is 0 Å². The smallest absolute Gasteiger partial charge is 0.241 e. The summed E-state index contributed by atoms with van der Waals surface area (Å²) in [5.41, 5.74) is 2.50. The van der Waals surface area contributed by atoms with Crippen LogP contribution < -0.4 is 15.4 Å². The Labute approximate surface area is 169 Å². The lowest BCUT2D eigenvalue weighted by atomic mass is 10.1. The van der Waals surface area contributed by atoms with Crippen LogP contribution in [0.15, 0.2) is 47.4 Å². The van der Waals surface area contributed by atoms with Gasteiger partial charge in [-0.2, -0.15) is 0 Å². The number of sulfonamides is 1. The SMILES string of the molecule is Cc1ccc(S(=O)(=O)NCC(=O)NCC(=O)N[C@@H](C)c2ccc(F)cc2)cc1C. The molecule has 2 aromatic carbocycles. The van der Waals surface area contributed by atoms with Crippen LogP contribution in [-0.2, 0) is 19.6 Å². The van der Waals surface area contributed by atoms with Gasteiger partial charge in [-0.1, -0.05) is 18.2 Å². The van der Waals surface area contributed by atoms with Gasteiger partial charge in [0.15, 0.2) is 0 Å². The summed E-state index contributed by atoms with van der Waals surface area (Å²) >= 11 is 0. The lowest BCUT2D eigenvalue weighted by Gasteiger charge is -2.15. The van der Waals surface area contributed by atoms with Crippen molar-refractivity contribution < 1.29 is 22.4 Å². The molecule has 0 saturated carbocycles. The van der Waals surface area contributed by atoms with Crippen molar-refractivity contribution in [3.63, 3.8) is 0 Å². The molecule has 0 aromatic heterocycles. The van der Waals surface area contributed by atoms with Crippen molar-refractivity contribution in [3.8, 4) is 0 Å². The molecule has 0 fully saturated rings. The Morgan fingerprint density at radius 2 is 1.62 bits per heavy atom. The summed E-state index contributed by atoms with van der Waals surface area (Å²) in [6, 6.07) is 10.0. The summed E-state index contributed by atoms with van der Waals surface area (Å²) in [5.74, 6) is -1.46. The minimum atomic E-state index is -3.83. The molecule has 7 nitrogen and oxygen atoms in total. The number of nitrogens with one attached hydrogen (secondary N) is 3. The highest BCUT2D eigenvalue weighted by atomic mass is 32.2. The first-order valence-corrected chi connectivity index (χ1v) is 10.5. The van der Waals surface area contributed by atoms with E-state index >= 15 is 0 Å². The van der Waals surface area contributed by atoms with E-state index < -0.39 is 28.4 Å². The lowest BCUT2D eigenvalue weighted by Crippen LogP contribution is -2.42. The van der Waals surface area contributed by atoms with Crippen LogP contribution in [0, 0.1) is 19.7 Å². The average Bonchev–Trinajstić information content (AvgIpc) is 2.67. The number of hydrogen-bond acceptors (Lipinski definition) is 4. The van der Waals surface area contributed by atoms with E-state index in [-0.39, 0.29) is 23.3 Å². The molecule has 2 amide bonds. The van der Waals surface area contributed by atoms with Gasteiger partial charge in [0.1, 0.15) is 5.82 Å². The Hall–Kier alpha value is -2.78. The first-order chi connectivity index (χ1) is 13.6. The molecule has 0 aliphatic rings. The Kier molecular flexibility index (Phi) is 7.46. The molecule has 0 aliphatic heterocycles. The molecule has 2 rings (SSSR count). The van der Waals surface area contributed by atoms with E-state index in [0.717, 1.165) is 11.1 Å². The van der Waals surface area contributed by atoms with Gasteiger partial charge in [0, 0.05) is 0 Å². The maximum atomic E-state index is 12.9. The van der Waals surface area contributed by atoms with E-state index in [9.17, 15) is 22.4 Å². The van der Waals surface area contributed by atoms with Gasteiger partial charge in [0.25, 0.3) is 0 Å². The molecule has 156 valence electrons. The molecular weight excluding hydrogens is 397 g/mol. The zero-order valence-electron chi connectivity index (χ0n) is 16.5. The zero-order chi connectivity index (χ0) is 21.6. The van der Waals surface area contributed by atoms with Crippen LogP contribution in [0.25, 0.3) is 0 Å². The molecule has 0 unspecified atom stereocenters. The lowest BCUT2D eigenvalue weighted by molar-refractivity contribution is -0.125. The number of benzene rings is 2. The van der Waals surface area contributed by atoms with Crippen LogP contribution >= 0.6 is 0 Å². The van der Waals surface area contributed by atoms with Gasteiger partial charge in [0.05, 0.1) is 24.0 Å². The minimum Gasteiger partial charge on any atom is -0.348 e. The largest absolute Gasteiger partial charge is 0.348 e. The van der Waals surface area contributed by atoms with Gasteiger partial charge in [0.2, 0.25) is 21.8 Å². The predicted octanol–water partition coefficient (Wildman–Crippen LogP) is 1.71. The molecule has 0 saturated heterocycles. The van der Waals surface area contributed by atoms with Gasteiger partial charge in [-0.25, -0.2) is 17.5 Å². The third kappa shape index (κ3) is 6.65. The molecule has 0 aliphatic carbocycles. The van der Waals surface area contributed by atoms with Crippen LogP contribution in [0.2, 0.25) is 0 Å². The van der Waals surface area contributed by atoms with Gasteiger partial charge in [-0.3, -0.25) is 9.59 Å². The van der Waals surface area contributed by atoms with Crippen LogP contribution in [-0.4, -0.2) is 33.3 Å². The molecule has 2 aromatic rings. The summed E-state index contributed by atoms with van der Waals surface area (Å²) in [6.45, 7) is 4.59. The summed E-state index contributed by atoms with van der Waals surface area (Å²) < 4.78 is 39.7. The van der Waals surface area contributed by atoms with E-state index in [1.54, 1.807) is 32.0 Å². The van der Waals surface area contributed by atoms with Crippen molar-refractivity contribution in [2.24, 2.45) is 0 Å². The highest BCUT2D eigenvalue weighted by Gasteiger charge is 2.17. The normalized spacial score (nSPS) is 12.3. The van der Waals surface area contributed by atoms with Crippen molar-refractivity contribution in [1.29, 1.82) is 0 Å². The van der Waals surface area contributed by atoms with Crippen molar-refractivity contribution in [2.75, 3.05) is 13.1 Å². The number of carbonyl (C=O) groups excluding carboxylic acids is 2. The van der Waals surface area contributed by atoms with Gasteiger partial charge >= 0.3 is 0 Å². The number of amides is 2. The standard InChI is InChI=1S/C20H24FN3O4S/c1-13-4-9-18(10-14(13)2)29(27,28)23-12-19(25)22-11-20(26)24-15(3)16-5-7-17(21)8-6-16/h4-10,15,23H,11-12H2,1-3H3,(H,22,25)(H,24,26)/t15-/m0/s1. The monoisotopic (exact) mass is 421 g/mol. The van der Waals surface area contributed by atoms with E-state index in [1.165, 1.54) is 24.3 Å². The number of rotatable bonds is 8. The highest BCUT2D eigenvalue weighted by Crippen LogP contribution is 2.14. The second-order valence-corrected chi connectivity index (χ2v) is 8.46. The van der Waals surface area contributed by atoms with Crippen LogP contribution in [0.4, 0.5) is 4.39 Å². The van der Waals surface area contributed by atoms with E-state index in [0.29, 0.717) is 5.56 Å². The molecule has 9 heteroatoms. The fourth-order valence-corrected chi connectivity index (χ4v) is 3.56. The van der Waals surface area contributed by atoms with E-state index in [1.807, 2.05) is 6.92 Å². The maximum absolute atomic E-state index is 12.9. The summed E-state index contributed by atoms with van der Waals surface area (Å²) in [7, 11) is -3.83. The first kappa shape index (κ1) is 22.5. The van der Waals surface area contributed by atoms with Crippen molar-refractivity contribution in [3.05, 3.63) is 65.0 Å². The third-order valence-corrected chi connectivity index (χ3v) is 5.80. The fourth-order valence-electron chi connectivity index (χ4n) is 2.49. The number of halogens is 1. The molecule has 0 radical (unpaired) electrons. The van der Waals surface area contributed by atoms with Crippen molar-refractivity contribution in [2.45, 2.75) is 31.7 Å². The topological polar surface area (TPSA) is 104 Å². The van der Waals surface area contributed by atoms with Crippen LogP contribution in [0.5, 0.6) is 0 Å². The van der Waals surface area contributed by atoms with E-state index in [4.69, 9.17) is 0 Å². The molecule has 0 heterocycles. The average molecular weight is 421 g/mol. The second-order valence-electron chi connectivity index (χ2n) is 6.69. The molecular formula is C20H24FN3O4S. The fraction of sp³-hybridized carbons (Fsp3) is 0.300. The second kappa shape index (κ2) is 9.62. The van der Waals surface area contributed by atoms with Crippen LogP contribution in [0.3, 0.4) is 0 Å². The number of aryl methyl sites for hydroxylation is 2. The molecule has 29 heavy (non-hydrogen) atoms. The predicted molar refractivity (Wildman–Crippen MR) is 107 cm³/mol. The van der Waals surface area contributed by atoms with Gasteiger partial charge in [-0.05, 0) is 61.7 Å². The molecule has 0 bridgehead atoms. The van der Waals surface area contributed by atoms with E-state index in [2.05, 4.69) is 15.4 Å². The summed E-state index contributed by atoms with van der Waals surface area (Å²) in [6.07, 6.45) is 0. The Balaban J connectivity index is 1.80. The van der Waals surface area contributed by atoms with Crippen LogP contribution in [0.1, 0.15) is 29.7 Å². The Bertz CT molecular complexity index is 991. The molecule has 3 N–H and O–H groups in total. The Morgan fingerprint density at radius 3 is 2.24 bits per heavy atom. The Morgan fingerprint density at radius 1 is 0.966 bits per heavy atom. The summed E-state index contributed by atoms with van der Waals surface area (Å²) in [5, 5.41) is 5.02. The van der Waals surface area contributed by atoms with Gasteiger partial charge < -0.3 is 10.6 Å². The maximum Gasteiger partial charge on any atom is 0.241 e. The molecule has 0 spiro atoms. The molecule has 1 atom stereocenters. The minimum absolute atomic E-state index is 0.0688. The van der Waals surface area contributed by atoms with Crippen molar-refractivity contribution in [1.82, 2.24) is 15.4 Å².